The van der Waals surface area contributed by atoms with Gasteiger partial charge < -0.3 is 10.4 Å². The first-order chi connectivity index (χ1) is 5.83. The fourth-order valence-electron chi connectivity index (χ4n) is 1.91. The Morgan fingerprint density at radius 3 is 3.08 bits per heavy atom. The Hall–Kier alpha value is -1.02. The molecule has 0 amide bonds. The van der Waals surface area contributed by atoms with Gasteiger partial charge in [-0.2, -0.15) is 0 Å². The van der Waals surface area contributed by atoms with Crippen LogP contribution in [-0.4, -0.2) is 18.7 Å². The van der Waals surface area contributed by atoms with Gasteiger partial charge in [0.2, 0.25) is 0 Å². The van der Waals surface area contributed by atoms with Gasteiger partial charge >= 0.3 is 0 Å². The van der Waals surface area contributed by atoms with Crippen molar-refractivity contribution < 1.29 is 5.11 Å². The molecule has 12 heavy (non-hydrogen) atoms. The van der Waals surface area contributed by atoms with Crippen LogP contribution >= 0.6 is 0 Å². The Kier molecular flexibility index (Phi) is 1.77. The van der Waals surface area contributed by atoms with Crippen LogP contribution < -0.4 is 5.32 Å². The lowest BCUT2D eigenvalue weighted by atomic mass is 9.77. The first-order valence-corrected chi connectivity index (χ1v) is 4.28. The second-order valence-electron chi connectivity index (χ2n) is 3.31. The summed E-state index contributed by atoms with van der Waals surface area (Å²) in [4.78, 5) is 0. The fraction of sp³-hybridized carbons (Fsp3) is 0.400. The smallest absolute Gasteiger partial charge is 0.119 e. The Morgan fingerprint density at radius 1 is 1.58 bits per heavy atom. The van der Waals surface area contributed by atoms with Crippen molar-refractivity contribution in [2.45, 2.75) is 12.3 Å². The van der Waals surface area contributed by atoms with Crippen molar-refractivity contribution in [1.82, 2.24) is 5.32 Å². The quantitative estimate of drug-likeness (QED) is 0.687. The molecule has 0 spiro atoms. The number of phenols is 1. The van der Waals surface area contributed by atoms with Crippen LogP contribution in [0.2, 0.25) is 0 Å². The van der Waals surface area contributed by atoms with Gasteiger partial charge in [0.25, 0.3) is 0 Å². The second-order valence-corrected chi connectivity index (χ2v) is 3.31. The number of nitrogens with one attached hydrogen (secondary N) is 1. The summed E-state index contributed by atoms with van der Waals surface area (Å²) in [6, 6.07) is 5.76. The second kappa shape index (κ2) is 2.79. The minimum Gasteiger partial charge on any atom is -0.508 e. The molecule has 1 aromatic carbocycles. The zero-order valence-corrected chi connectivity index (χ0v) is 7.17. The predicted molar refractivity (Wildman–Crippen MR) is 48.5 cm³/mol. The SMILES string of the molecule is CNCC1Cc2cccc(O)c21. The van der Waals surface area contributed by atoms with Gasteiger partial charge in [0.15, 0.2) is 0 Å². The van der Waals surface area contributed by atoms with Crippen molar-refractivity contribution in [2.24, 2.45) is 0 Å². The summed E-state index contributed by atoms with van der Waals surface area (Å²) in [6.07, 6.45) is 1.10. The maximum atomic E-state index is 9.52. The zero-order valence-electron chi connectivity index (χ0n) is 7.17. The molecule has 1 unspecified atom stereocenters. The van der Waals surface area contributed by atoms with Crippen molar-refractivity contribution in [2.75, 3.05) is 13.6 Å². The van der Waals surface area contributed by atoms with Gasteiger partial charge in [0, 0.05) is 18.0 Å². The summed E-state index contributed by atoms with van der Waals surface area (Å²) in [5, 5.41) is 12.6. The Bertz CT molecular complexity index is 282. The number of fused-ring (bicyclic) bond motifs is 1. The van der Waals surface area contributed by atoms with E-state index in [2.05, 4.69) is 11.4 Å². The molecule has 0 bridgehead atoms. The molecule has 2 nitrogen and oxygen atoms in total. The summed E-state index contributed by atoms with van der Waals surface area (Å²) in [6.45, 7) is 0.963. The zero-order chi connectivity index (χ0) is 8.55. The third kappa shape index (κ3) is 0.994. The number of hydrogen-bond donors (Lipinski definition) is 2. The molecule has 1 aliphatic carbocycles. The summed E-state index contributed by atoms with van der Waals surface area (Å²) >= 11 is 0. The van der Waals surface area contributed by atoms with E-state index in [0.717, 1.165) is 18.5 Å². The molecule has 0 aromatic heterocycles. The third-order valence-electron chi connectivity index (χ3n) is 2.50. The highest BCUT2D eigenvalue weighted by Crippen LogP contribution is 2.40. The van der Waals surface area contributed by atoms with Gasteiger partial charge in [0.1, 0.15) is 5.75 Å². The van der Waals surface area contributed by atoms with Crippen LogP contribution in [0.25, 0.3) is 0 Å². The van der Waals surface area contributed by atoms with E-state index in [4.69, 9.17) is 0 Å². The van der Waals surface area contributed by atoms with Gasteiger partial charge in [-0.25, -0.2) is 0 Å². The highest BCUT2D eigenvalue weighted by atomic mass is 16.3. The summed E-state index contributed by atoms with van der Waals surface area (Å²) in [5.74, 6) is 0.977. The molecular weight excluding hydrogens is 150 g/mol. The van der Waals surface area contributed by atoms with Gasteiger partial charge in [-0.15, -0.1) is 0 Å². The van der Waals surface area contributed by atoms with Crippen molar-refractivity contribution >= 4 is 0 Å². The largest absolute Gasteiger partial charge is 0.508 e. The van der Waals surface area contributed by atoms with Crippen molar-refractivity contribution in [3.05, 3.63) is 29.3 Å². The van der Waals surface area contributed by atoms with Crippen LogP contribution in [0, 0.1) is 0 Å². The van der Waals surface area contributed by atoms with E-state index < -0.39 is 0 Å². The normalized spacial score (nSPS) is 19.9. The van der Waals surface area contributed by atoms with E-state index in [1.165, 1.54) is 5.56 Å². The van der Waals surface area contributed by atoms with Crippen LogP contribution in [0.15, 0.2) is 18.2 Å². The van der Waals surface area contributed by atoms with Crippen molar-refractivity contribution in [1.29, 1.82) is 0 Å². The van der Waals surface area contributed by atoms with Crippen LogP contribution in [0.1, 0.15) is 17.0 Å². The number of rotatable bonds is 2. The first kappa shape index (κ1) is 7.62. The molecule has 2 N–H and O–H groups in total. The summed E-state index contributed by atoms with van der Waals surface area (Å²) < 4.78 is 0. The third-order valence-corrected chi connectivity index (χ3v) is 2.50. The molecule has 1 atom stereocenters. The maximum absolute atomic E-state index is 9.52. The van der Waals surface area contributed by atoms with E-state index >= 15 is 0 Å². The van der Waals surface area contributed by atoms with Gasteiger partial charge in [0.05, 0.1) is 0 Å². The van der Waals surface area contributed by atoms with E-state index in [9.17, 15) is 5.11 Å². The number of hydrogen-bond acceptors (Lipinski definition) is 2. The van der Waals surface area contributed by atoms with Crippen molar-refractivity contribution in [3.8, 4) is 5.75 Å². The monoisotopic (exact) mass is 163 g/mol. The lowest BCUT2D eigenvalue weighted by molar-refractivity contribution is 0.442. The van der Waals surface area contributed by atoms with Gasteiger partial charge in [-0.05, 0) is 25.1 Å². The molecular formula is C10H13NO. The topological polar surface area (TPSA) is 32.3 Å². The molecule has 0 saturated heterocycles. The van der Waals surface area contributed by atoms with E-state index in [1.807, 2.05) is 13.1 Å². The number of aromatic hydroxyl groups is 1. The lowest BCUT2D eigenvalue weighted by Crippen LogP contribution is -2.26. The fourth-order valence-corrected chi connectivity index (χ4v) is 1.91. The van der Waals surface area contributed by atoms with Crippen LogP contribution in [-0.2, 0) is 6.42 Å². The molecule has 0 fully saturated rings. The first-order valence-electron chi connectivity index (χ1n) is 4.28. The molecule has 1 aliphatic rings. The highest BCUT2D eigenvalue weighted by molar-refractivity contribution is 5.49. The van der Waals surface area contributed by atoms with Crippen molar-refractivity contribution in [3.63, 3.8) is 0 Å². The number of benzene rings is 1. The van der Waals surface area contributed by atoms with Gasteiger partial charge in [-0.3, -0.25) is 0 Å². The minimum absolute atomic E-state index is 0.457. The molecule has 2 heteroatoms. The molecule has 1 aromatic rings. The minimum atomic E-state index is 0.457. The van der Waals surface area contributed by atoms with E-state index in [-0.39, 0.29) is 0 Å². The Labute approximate surface area is 72.2 Å². The number of likely N-dealkylation sites (N-methyl/N-ethyl adjacent to an activating group) is 1. The molecule has 2 rings (SSSR count). The average Bonchev–Trinajstić information content (AvgIpc) is 2.00. The molecule has 0 radical (unpaired) electrons. The standard InChI is InChI=1S/C10H13NO/c1-11-6-8-5-7-3-2-4-9(12)10(7)8/h2-4,8,11-12H,5-6H2,1H3. The molecule has 0 heterocycles. The van der Waals surface area contributed by atoms with Gasteiger partial charge in [-0.1, -0.05) is 12.1 Å². The predicted octanol–water partition coefficient (Wildman–Crippen LogP) is 1.25. The summed E-state index contributed by atoms with van der Waals surface area (Å²) in [5.41, 5.74) is 2.45. The highest BCUT2D eigenvalue weighted by Gasteiger charge is 2.27. The molecule has 64 valence electrons. The van der Waals surface area contributed by atoms with E-state index in [0.29, 0.717) is 11.7 Å². The molecule has 0 saturated carbocycles. The maximum Gasteiger partial charge on any atom is 0.119 e. The molecule has 0 aliphatic heterocycles. The van der Waals surface area contributed by atoms with E-state index in [1.54, 1.807) is 6.07 Å². The average molecular weight is 163 g/mol. The van der Waals surface area contributed by atoms with Crippen LogP contribution in [0.3, 0.4) is 0 Å². The van der Waals surface area contributed by atoms with Crippen LogP contribution in [0.5, 0.6) is 5.75 Å². The summed E-state index contributed by atoms with van der Waals surface area (Å²) in [7, 11) is 1.94. The lowest BCUT2D eigenvalue weighted by Gasteiger charge is -2.30. The van der Waals surface area contributed by atoms with Crippen LogP contribution in [0.4, 0.5) is 0 Å². The number of phenolic OH excluding ortho intramolecular Hbond substituents is 1. The Balaban J connectivity index is 2.27. The Morgan fingerprint density at radius 2 is 2.42 bits per heavy atom.